The van der Waals surface area contributed by atoms with Crippen LogP contribution in [0.3, 0.4) is 0 Å². The van der Waals surface area contributed by atoms with Gasteiger partial charge >= 0.3 is 0 Å². The molecule has 5 heteroatoms. The minimum Gasteiger partial charge on any atom is -0.352 e. The number of fused-ring (bicyclic) bond motifs is 1. The number of rotatable bonds is 5. The Morgan fingerprint density at radius 3 is 2.62 bits per heavy atom. The topological polar surface area (TPSA) is 68.0 Å². The van der Waals surface area contributed by atoms with Crippen LogP contribution < -0.4 is 11.1 Å². The molecule has 0 aliphatic rings. The molecule has 0 bridgehead atoms. The third kappa shape index (κ3) is 3.80. The zero-order valence-electron chi connectivity index (χ0n) is 13.8. The number of para-hydroxylation sites is 1. The van der Waals surface area contributed by atoms with Gasteiger partial charge in [0.2, 0.25) is 5.91 Å². The first-order chi connectivity index (χ1) is 11.5. The lowest BCUT2D eigenvalue weighted by molar-refractivity contribution is -0.123. The van der Waals surface area contributed by atoms with Crippen LogP contribution in [0, 0.1) is 6.92 Å². The maximum Gasteiger partial charge on any atom is 0.241 e. The molecule has 2 aromatic carbocycles. The molecule has 1 amide bonds. The highest BCUT2D eigenvalue weighted by Gasteiger charge is 2.18. The molecular weight excluding hydrogens is 318 g/mol. The second-order valence-corrected chi connectivity index (χ2v) is 7.19. The number of nitrogens with zero attached hydrogens (tertiary/aromatic N) is 1. The minimum absolute atomic E-state index is 0.0189. The highest BCUT2D eigenvalue weighted by atomic mass is 32.1. The summed E-state index contributed by atoms with van der Waals surface area (Å²) in [5.41, 5.74) is 9.05. The van der Waals surface area contributed by atoms with Gasteiger partial charge < -0.3 is 11.1 Å². The van der Waals surface area contributed by atoms with Crippen molar-refractivity contribution in [1.82, 2.24) is 10.3 Å². The fourth-order valence-corrected chi connectivity index (χ4v) is 3.67. The van der Waals surface area contributed by atoms with E-state index in [4.69, 9.17) is 5.73 Å². The largest absolute Gasteiger partial charge is 0.352 e. The molecule has 2 atom stereocenters. The summed E-state index contributed by atoms with van der Waals surface area (Å²) < 4.78 is 1.17. The first-order valence-corrected chi connectivity index (χ1v) is 8.81. The van der Waals surface area contributed by atoms with E-state index in [2.05, 4.69) is 16.4 Å². The van der Waals surface area contributed by atoms with Crippen LogP contribution in [0.4, 0.5) is 0 Å². The zero-order valence-corrected chi connectivity index (χ0v) is 14.6. The fraction of sp³-hybridized carbons (Fsp3) is 0.263. The summed E-state index contributed by atoms with van der Waals surface area (Å²) in [7, 11) is 0. The Hall–Kier alpha value is -2.24. The number of amides is 1. The van der Waals surface area contributed by atoms with E-state index in [1.165, 1.54) is 4.70 Å². The van der Waals surface area contributed by atoms with Gasteiger partial charge in [0, 0.05) is 12.5 Å². The average Bonchev–Trinajstić information content (AvgIpc) is 2.96. The van der Waals surface area contributed by atoms with Crippen LogP contribution in [-0.2, 0) is 11.2 Å². The molecule has 2 unspecified atom stereocenters. The Balaban J connectivity index is 1.62. The van der Waals surface area contributed by atoms with Gasteiger partial charge in [0.15, 0.2) is 0 Å². The van der Waals surface area contributed by atoms with Crippen molar-refractivity contribution in [3.63, 3.8) is 0 Å². The van der Waals surface area contributed by atoms with Gasteiger partial charge in [-0.3, -0.25) is 4.79 Å². The van der Waals surface area contributed by atoms with Crippen molar-refractivity contribution in [2.75, 3.05) is 0 Å². The molecule has 3 aromatic rings. The van der Waals surface area contributed by atoms with Crippen molar-refractivity contribution in [2.45, 2.75) is 32.4 Å². The average molecular weight is 339 g/mol. The number of thiazole rings is 1. The molecule has 0 radical (unpaired) electrons. The monoisotopic (exact) mass is 339 g/mol. The number of nitrogens with one attached hydrogen (secondary N) is 1. The second-order valence-electron chi connectivity index (χ2n) is 6.08. The van der Waals surface area contributed by atoms with Gasteiger partial charge in [0.25, 0.3) is 0 Å². The standard InChI is InChI=1S/C19H21N3OS/c1-12-7-9-14(10-8-12)18(20)19(23)21-13(2)11-17-22-15-5-3-4-6-16(15)24-17/h3-10,13,18H,11,20H2,1-2H3,(H,21,23). The summed E-state index contributed by atoms with van der Waals surface area (Å²) in [6, 6.07) is 15.1. The zero-order chi connectivity index (χ0) is 17.1. The van der Waals surface area contributed by atoms with Gasteiger partial charge in [-0.05, 0) is 31.5 Å². The molecule has 1 heterocycles. The maximum absolute atomic E-state index is 12.3. The predicted molar refractivity (Wildman–Crippen MR) is 99.0 cm³/mol. The predicted octanol–water partition coefficient (Wildman–Crippen LogP) is 3.35. The Bertz CT molecular complexity index is 808. The van der Waals surface area contributed by atoms with Gasteiger partial charge in [0.05, 0.1) is 15.2 Å². The number of hydrogen-bond donors (Lipinski definition) is 2. The summed E-state index contributed by atoms with van der Waals surface area (Å²) in [5, 5.41) is 4.01. The number of carbonyl (C=O) groups is 1. The van der Waals surface area contributed by atoms with Crippen molar-refractivity contribution in [3.8, 4) is 0 Å². The highest BCUT2D eigenvalue weighted by Crippen LogP contribution is 2.22. The Morgan fingerprint density at radius 1 is 1.21 bits per heavy atom. The molecule has 0 aliphatic heterocycles. The second kappa shape index (κ2) is 7.11. The summed E-state index contributed by atoms with van der Waals surface area (Å²) in [6.07, 6.45) is 0.700. The van der Waals surface area contributed by atoms with E-state index < -0.39 is 6.04 Å². The number of aryl methyl sites for hydroxylation is 1. The van der Waals surface area contributed by atoms with Gasteiger partial charge in [-0.25, -0.2) is 4.98 Å². The summed E-state index contributed by atoms with van der Waals surface area (Å²) in [5.74, 6) is -0.160. The number of hydrogen-bond acceptors (Lipinski definition) is 4. The van der Waals surface area contributed by atoms with Crippen molar-refractivity contribution < 1.29 is 4.79 Å². The first kappa shape index (κ1) is 16.6. The minimum atomic E-state index is -0.650. The molecule has 0 saturated carbocycles. The van der Waals surface area contributed by atoms with Crippen LogP contribution >= 0.6 is 11.3 Å². The molecule has 3 N–H and O–H groups in total. The molecule has 24 heavy (non-hydrogen) atoms. The number of benzene rings is 2. The van der Waals surface area contributed by atoms with E-state index >= 15 is 0 Å². The van der Waals surface area contributed by atoms with E-state index in [1.54, 1.807) is 11.3 Å². The number of nitrogens with two attached hydrogens (primary N) is 1. The first-order valence-electron chi connectivity index (χ1n) is 8.00. The van der Waals surface area contributed by atoms with Gasteiger partial charge in [-0.1, -0.05) is 42.0 Å². The van der Waals surface area contributed by atoms with Crippen molar-refractivity contribution in [2.24, 2.45) is 5.73 Å². The smallest absolute Gasteiger partial charge is 0.241 e. The Labute approximate surface area is 145 Å². The molecule has 3 rings (SSSR count). The van der Waals surface area contributed by atoms with Crippen LogP contribution in [0.1, 0.15) is 29.1 Å². The molecule has 4 nitrogen and oxygen atoms in total. The van der Waals surface area contributed by atoms with Gasteiger partial charge in [-0.15, -0.1) is 11.3 Å². The van der Waals surface area contributed by atoms with E-state index in [0.29, 0.717) is 6.42 Å². The molecular formula is C19H21N3OS. The van der Waals surface area contributed by atoms with Crippen molar-refractivity contribution in [1.29, 1.82) is 0 Å². The van der Waals surface area contributed by atoms with E-state index in [1.807, 2.05) is 56.3 Å². The lowest BCUT2D eigenvalue weighted by Crippen LogP contribution is -2.40. The van der Waals surface area contributed by atoms with Gasteiger partial charge in [0.1, 0.15) is 6.04 Å². The third-order valence-electron chi connectivity index (χ3n) is 3.93. The summed E-state index contributed by atoms with van der Waals surface area (Å²) in [6.45, 7) is 3.99. The normalized spacial score (nSPS) is 13.6. The van der Waals surface area contributed by atoms with Gasteiger partial charge in [-0.2, -0.15) is 0 Å². The van der Waals surface area contributed by atoms with Crippen LogP contribution in [0.15, 0.2) is 48.5 Å². The van der Waals surface area contributed by atoms with Crippen LogP contribution in [0.25, 0.3) is 10.2 Å². The molecule has 0 fully saturated rings. The van der Waals surface area contributed by atoms with Crippen molar-refractivity contribution >= 4 is 27.5 Å². The number of carbonyl (C=O) groups excluding carboxylic acids is 1. The fourth-order valence-electron chi connectivity index (χ4n) is 2.58. The lowest BCUT2D eigenvalue weighted by atomic mass is 10.0. The molecule has 124 valence electrons. The third-order valence-corrected chi connectivity index (χ3v) is 4.99. The Kier molecular flexibility index (Phi) is 4.92. The van der Waals surface area contributed by atoms with E-state index in [-0.39, 0.29) is 11.9 Å². The lowest BCUT2D eigenvalue weighted by Gasteiger charge is -2.17. The number of aromatic nitrogens is 1. The molecule has 0 spiro atoms. The Morgan fingerprint density at radius 2 is 1.92 bits per heavy atom. The summed E-state index contributed by atoms with van der Waals surface area (Å²) in [4.78, 5) is 17.0. The summed E-state index contributed by atoms with van der Waals surface area (Å²) >= 11 is 1.67. The van der Waals surface area contributed by atoms with Crippen LogP contribution in [0.5, 0.6) is 0 Å². The maximum atomic E-state index is 12.3. The van der Waals surface area contributed by atoms with E-state index in [9.17, 15) is 4.79 Å². The SMILES string of the molecule is Cc1ccc(C(N)C(=O)NC(C)Cc2nc3ccccc3s2)cc1. The molecule has 1 aromatic heterocycles. The molecule has 0 aliphatic carbocycles. The van der Waals surface area contributed by atoms with Crippen LogP contribution in [0.2, 0.25) is 0 Å². The quantitative estimate of drug-likeness (QED) is 0.749. The molecule has 0 saturated heterocycles. The van der Waals surface area contributed by atoms with E-state index in [0.717, 1.165) is 21.7 Å². The highest BCUT2D eigenvalue weighted by molar-refractivity contribution is 7.18. The van der Waals surface area contributed by atoms with Crippen LogP contribution in [-0.4, -0.2) is 16.9 Å². The van der Waals surface area contributed by atoms with Crippen molar-refractivity contribution in [3.05, 3.63) is 64.7 Å².